The van der Waals surface area contributed by atoms with Crippen LogP contribution in [0.4, 0.5) is 0 Å². The van der Waals surface area contributed by atoms with E-state index >= 15 is 0 Å². The Morgan fingerprint density at radius 3 is 2.56 bits per heavy atom. The Balaban J connectivity index is 2.83. The van der Waals surface area contributed by atoms with Crippen molar-refractivity contribution in [2.24, 2.45) is 0 Å². The smallest absolute Gasteiger partial charge is 0.331 e. The maximum Gasteiger partial charge on any atom is 0.331 e. The zero-order valence-corrected chi connectivity index (χ0v) is 15.1. The second-order valence-electron chi connectivity index (χ2n) is 5.57. The van der Waals surface area contributed by atoms with Crippen LogP contribution in [-0.4, -0.2) is 32.1 Å². The maximum atomic E-state index is 11.4. The van der Waals surface area contributed by atoms with Gasteiger partial charge >= 0.3 is 5.97 Å². The second-order valence-corrected chi connectivity index (χ2v) is 5.57. The highest BCUT2D eigenvalue weighted by molar-refractivity contribution is 6.02. The summed E-state index contributed by atoms with van der Waals surface area (Å²) in [6.45, 7) is 4.00. The Labute approximate surface area is 147 Å². The standard InChI is InChI=1S/C20H24O5/c1-5-13-8-7-9-16-15(10-14(6-2)20(21)22)11-17(24-4)19(18(13)16)25-12-23-3/h7-11H,5-6,12H2,1-4H3,(H,21,22)/b14-10+. The van der Waals surface area contributed by atoms with Gasteiger partial charge in [0, 0.05) is 18.1 Å². The summed E-state index contributed by atoms with van der Waals surface area (Å²) in [4.78, 5) is 11.4. The fraction of sp³-hybridized carbons (Fsp3) is 0.350. The van der Waals surface area contributed by atoms with E-state index < -0.39 is 5.97 Å². The first kappa shape index (κ1) is 18.8. The first-order valence-corrected chi connectivity index (χ1v) is 8.25. The molecular weight excluding hydrogens is 320 g/mol. The fourth-order valence-corrected chi connectivity index (χ4v) is 2.85. The van der Waals surface area contributed by atoms with E-state index in [2.05, 4.69) is 6.92 Å². The highest BCUT2D eigenvalue weighted by Gasteiger charge is 2.17. The van der Waals surface area contributed by atoms with Crippen LogP contribution < -0.4 is 9.47 Å². The SMILES string of the molecule is CC/C(=C\c1cc(OC)c(OCOC)c2c(CC)cccc12)C(=O)O. The van der Waals surface area contributed by atoms with Crippen LogP contribution in [0.1, 0.15) is 31.4 Å². The molecular formula is C20H24O5. The third kappa shape index (κ3) is 3.94. The summed E-state index contributed by atoms with van der Waals surface area (Å²) in [5.41, 5.74) is 2.24. The molecule has 0 radical (unpaired) electrons. The number of aliphatic carboxylic acids is 1. The summed E-state index contributed by atoms with van der Waals surface area (Å²) < 4.78 is 16.3. The van der Waals surface area contributed by atoms with Gasteiger partial charge in [-0.15, -0.1) is 0 Å². The molecule has 0 aromatic heterocycles. The van der Waals surface area contributed by atoms with Gasteiger partial charge in [0.1, 0.15) is 0 Å². The van der Waals surface area contributed by atoms with Gasteiger partial charge in [-0.2, -0.15) is 0 Å². The topological polar surface area (TPSA) is 65.0 Å². The van der Waals surface area contributed by atoms with Gasteiger partial charge in [-0.25, -0.2) is 4.79 Å². The van der Waals surface area contributed by atoms with Gasteiger partial charge in [-0.05, 0) is 41.5 Å². The van der Waals surface area contributed by atoms with E-state index in [-0.39, 0.29) is 6.79 Å². The van der Waals surface area contributed by atoms with Crippen molar-refractivity contribution in [2.45, 2.75) is 26.7 Å². The lowest BCUT2D eigenvalue weighted by Gasteiger charge is -2.17. The fourth-order valence-electron chi connectivity index (χ4n) is 2.85. The van der Waals surface area contributed by atoms with E-state index in [1.54, 1.807) is 20.3 Å². The van der Waals surface area contributed by atoms with Crippen molar-refractivity contribution in [3.8, 4) is 11.5 Å². The van der Waals surface area contributed by atoms with E-state index in [0.717, 1.165) is 28.3 Å². The van der Waals surface area contributed by atoms with Crippen LogP contribution in [0.15, 0.2) is 29.8 Å². The highest BCUT2D eigenvalue weighted by Crippen LogP contribution is 2.41. The molecule has 0 aliphatic heterocycles. The van der Waals surface area contributed by atoms with Gasteiger partial charge < -0.3 is 19.3 Å². The number of rotatable bonds is 8. The van der Waals surface area contributed by atoms with Gasteiger partial charge in [0.05, 0.1) is 7.11 Å². The Hall–Kier alpha value is -2.53. The lowest BCUT2D eigenvalue weighted by molar-refractivity contribution is -0.132. The molecule has 2 aromatic carbocycles. The van der Waals surface area contributed by atoms with E-state index in [4.69, 9.17) is 14.2 Å². The van der Waals surface area contributed by atoms with Crippen LogP contribution in [0.5, 0.6) is 11.5 Å². The van der Waals surface area contributed by atoms with Gasteiger partial charge in [0.25, 0.3) is 0 Å². The first-order valence-electron chi connectivity index (χ1n) is 8.25. The Bertz CT molecular complexity index is 792. The van der Waals surface area contributed by atoms with E-state index in [0.29, 0.717) is 23.5 Å². The van der Waals surface area contributed by atoms with E-state index in [1.165, 1.54) is 0 Å². The van der Waals surface area contributed by atoms with Gasteiger partial charge in [0.15, 0.2) is 18.3 Å². The van der Waals surface area contributed by atoms with Crippen molar-refractivity contribution in [3.05, 3.63) is 41.0 Å². The molecule has 25 heavy (non-hydrogen) atoms. The molecule has 0 aliphatic rings. The van der Waals surface area contributed by atoms with Crippen molar-refractivity contribution in [3.63, 3.8) is 0 Å². The monoisotopic (exact) mass is 344 g/mol. The molecule has 5 heteroatoms. The number of benzene rings is 2. The molecule has 0 saturated carbocycles. The minimum atomic E-state index is -0.916. The van der Waals surface area contributed by atoms with Crippen molar-refractivity contribution in [2.75, 3.05) is 21.0 Å². The van der Waals surface area contributed by atoms with Crippen LogP contribution in [0.3, 0.4) is 0 Å². The molecule has 0 amide bonds. The molecule has 0 bridgehead atoms. The summed E-state index contributed by atoms with van der Waals surface area (Å²) in [6, 6.07) is 7.78. The van der Waals surface area contributed by atoms with E-state index in [1.807, 2.05) is 31.2 Å². The van der Waals surface area contributed by atoms with Gasteiger partial charge in [-0.3, -0.25) is 0 Å². The molecule has 0 saturated heterocycles. The van der Waals surface area contributed by atoms with Crippen LogP contribution in [0.25, 0.3) is 16.8 Å². The van der Waals surface area contributed by atoms with Crippen LogP contribution in [0.2, 0.25) is 0 Å². The summed E-state index contributed by atoms with van der Waals surface area (Å²) >= 11 is 0. The number of carbonyl (C=O) groups is 1. The average molecular weight is 344 g/mol. The summed E-state index contributed by atoms with van der Waals surface area (Å²) in [5, 5.41) is 11.2. The number of ether oxygens (including phenoxy) is 3. The van der Waals surface area contributed by atoms with Crippen LogP contribution in [0, 0.1) is 0 Å². The number of hydrogen-bond acceptors (Lipinski definition) is 4. The molecule has 0 unspecified atom stereocenters. The van der Waals surface area contributed by atoms with Crippen molar-refractivity contribution < 1.29 is 24.1 Å². The third-order valence-corrected chi connectivity index (χ3v) is 4.11. The predicted molar refractivity (Wildman–Crippen MR) is 98.3 cm³/mol. The van der Waals surface area contributed by atoms with Crippen LogP contribution in [-0.2, 0) is 16.0 Å². The minimum absolute atomic E-state index is 0.105. The largest absolute Gasteiger partial charge is 0.493 e. The lowest BCUT2D eigenvalue weighted by atomic mass is 9.95. The molecule has 134 valence electrons. The van der Waals surface area contributed by atoms with Gasteiger partial charge in [0.2, 0.25) is 0 Å². The normalized spacial score (nSPS) is 11.6. The Morgan fingerprint density at radius 2 is 2.00 bits per heavy atom. The van der Waals surface area contributed by atoms with Crippen LogP contribution >= 0.6 is 0 Å². The maximum absolute atomic E-state index is 11.4. The molecule has 2 aromatic rings. The molecule has 0 fully saturated rings. The minimum Gasteiger partial charge on any atom is -0.493 e. The number of carboxylic acid groups (broad SMARTS) is 1. The predicted octanol–water partition coefficient (Wildman–Crippen LogP) is 4.27. The molecule has 5 nitrogen and oxygen atoms in total. The number of fused-ring (bicyclic) bond motifs is 1. The van der Waals surface area contributed by atoms with Crippen molar-refractivity contribution in [1.29, 1.82) is 0 Å². The van der Waals surface area contributed by atoms with Crippen molar-refractivity contribution >= 4 is 22.8 Å². The van der Waals surface area contributed by atoms with Crippen molar-refractivity contribution in [1.82, 2.24) is 0 Å². The Kier molecular flexibility index (Phi) is 6.42. The second kappa shape index (κ2) is 8.53. The third-order valence-electron chi connectivity index (χ3n) is 4.11. The van der Waals surface area contributed by atoms with Gasteiger partial charge in [-0.1, -0.05) is 32.0 Å². The molecule has 0 heterocycles. The first-order chi connectivity index (χ1) is 12.1. The zero-order chi connectivity index (χ0) is 18.4. The molecule has 0 spiro atoms. The summed E-state index contributed by atoms with van der Waals surface area (Å²) in [6.07, 6.45) is 2.96. The number of methoxy groups -OCH3 is 2. The number of carboxylic acids is 1. The number of aryl methyl sites for hydroxylation is 1. The molecule has 0 atom stereocenters. The number of hydrogen-bond donors (Lipinski definition) is 1. The molecule has 0 aliphatic carbocycles. The molecule has 2 rings (SSSR count). The lowest BCUT2D eigenvalue weighted by Crippen LogP contribution is -2.04. The Morgan fingerprint density at radius 1 is 1.24 bits per heavy atom. The average Bonchev–Trinajstić information content (AvgIpc) is 2.63. The summed E-state index contributed by atoms with van der Waals surface area (Å²) in [7, 11) is 3.13. The highest BCUT2D eigenvalue weighted by atomic mass is 16.7. The molecule has 1 N–H and O–H groups in total. The quantitative estimate of drug-likeness (QED) is 0.572. The van der Waals surface area contributed by atoms with E-state index in [9.17, 15) is 9.90 Å². The zero-order valence-electron chi connectivity index (χ0n) is 15.1. The summed E-state index contributed by atoms with van der Waals surface area (Å²) in [5.74, 6) is 0.251.